The summed E-state index contributed by atoms with van der Waals surface area (Å²) in [7, 11) is 5.56. The zero-order valence-electron chi connectivity index (χ0n) is 24.9. The minimum atomic E-state index is -0.865. The van der Waals surface area contributed by atoms with Gasteiger partial charge in [0.15, 0.2) is 0 Å². The number of likely N-dealkylation sites (tertiary alicyclic amines) is 1. The second-order valence-corrected chi connectivity index (χ2v) is 12.9. The van der Waals surface area contributed by atoms with E-state index in [1.807, 2.05) is 6.07 Å². The predicted octanol–water partition coefficient (Wildman–Crippen LogP) is 6.60. The zero-order valence-corrected chi connectivity index (χ0v) is 25.7. The van der Waals surface area contributed by atoms with Gasteiger partial charge in [-0.3, -0.25) is 9.80 Å². The third-order valence-electron chi connectivity index (χ3n) is 8.34. The molecule has 2 atom stereocenters. The number of hydrogen-bond acceptors (Lipinski definition) is 6. The molecule has 1 saturated heterocycles. The first-order valence-corrected chi connectivity index (χ1v) is 14.7. The van der Waals surface area contributed by atoms with Crippen LogP contribution in [0, 0.1) is 11.7 Å². The number of ether oxygens (including phenoxy) is 3. The zero-order chi connectivity index (χ0) is 29.9. The maximum absolute atomic E-state index is 15.0. The molecular formula is C32H42ClFN2O5. The van der Waals surface area contributed by atoms with Crippen LogP contribution in [0.15, 0.2) is 42.5 Å². The maximum atomic E-state index is 15.0. The first-order chi connectivity index (χ1) is 19.3. The Morgan fingerprint density at radius 3 is 2.37 bits per heavy atom. The van der Waals surface area contributed by atoms with Crippen molar-refractivity contribution in [3.63, 3.8) is 0 Å². The molecule has 1 heterocycles. The van der Waals surface area contributed by atoms with Gasteiger partial charge in [0.05, 0.1) is 13.7 Å². The maximum Gasteiger partial charge on any atom is 0.411 e. The number of benzene rings is 2. The summed E-state index contributed by atoms with van der Waals surface area (Å²) in [5.41, 5.74) is 1.41. The van der Waals surface area contributed by atoms with E-state index >= 15 is 0 Å². The second kappa shape index (κ2) is 12.6. The number of methoxy groups -OCH3 is 1. The smallest absolute Gasteiger partial charge is 0.411 e. The van der Waals surface area contributed by atoms with Crippen molar-refractivity contribution in [2.24, 2.45) is 5.92 Å². The number of halogens is 2. The van der Waals surface area contributed by atoms with E-state index < -0.39 is 35.6 Å². The summed E-state index contributed by atoms with van der Waals surface area (Å²) < 4.78 is 31.5. The summed E-state index contributed by atoms with van der Waals surface area (Å²) in [5.74, 6) is -0.495. The fourth-order valence-electron chi connectivity index (χ4n) is 6.20. The van der Waals surface area contributed by atoms with Gasteiger partial charge in [0, 0.05) is 12.0 Å². The van der Waals surface area contributed by atoms with Crippen LogP contribution >= 0.6 is 11.6 Å². The number of rotatable bonds is 7. The van der Waals surface area contributed by atoms with Crippen LogP contribution in [0.3, 0.4) is 0 Å². The van der Waals surface area contributed by atoms with Gasteiger partial charge in [-0.15, -0.1) is 0 Å². The minimum absolute atomic E-state index is 0.00403. The molecule has 2 aromatic rings. The van der Waals surface area contributed by atoms with Gasteiger partial charge in [-0.05, 0) is 96.1 Å². The SMILES string of the molecule is COC(=O)[C@@H]1C[C@H](Oc2cc(C[C@H]3CC[C@](c4ccccc4)(N(C)C)CC3)cc(F)c2Cl)CN1C(=O)OC(C)(C)C. The quantitative estimate of drug-likeness (QED) is 0.340. The van der Waals surface area contributed by atoms with Gasteiger partial charge < -0.3 is 14.2 Å². The lowest BCUT2D eigenvalue weighted by atomic mass is 9.70. The third-order valence-corrected chi connectivity index (χ3v) is 8.70. The van der Waals surface area contributed by atoms with Gasteiger partial charge in [-0.2, -0.15) is 0 Å². The van der Waals surface area contributed by atoms with Crippen LogP contribution in [0.2, 0.25) is 5.02 Å². The van der Waals surface area contributed by atoms with E-state index in [1.54, 1.807) is 26.8 Å². The second-order valence-electron chi connectivity index (χ2n) is 12.5. The highest BCUT2D eigenvalue weighted by molar-refractivity contribution is 6.32. The van der Waals surface area contributed by atoms with Gasteiger partial charge in [0.1, 0.15) is 34.3 Å². The number of carbonyl (C=O) groups excluding carboxylic acids is 2. The predicted molar refractivity (Wildman–Crippen MR) is 157 cm³/mol. The van der Waals surface area contributed by atoms with Gasteiger partial charge in [0.25, 0.3) is 0 Å². The highest BCUT2D eigenvalue weighted by Crippen LogP contribution is 2.44. The van der Waals surface area contributed by atoms with E-state index in [2.05, 4.69) is 43.3 Å². The number of nitrogens with zero attached hydrogens (tertiary/aromatic N) is 2. The van der Waals surface area contributed by atoms with Crippen molar-refractivity contribution in [3.8, 4) is 5.75 Å². The van der Waals surface area contributed by atoms with Crippen LogP contribution < -0.4 is 4.74 Å². The summed E-state index contributed by atoms with van der Waals surface area (Å²) in [6, 6.07) is 13.1. The molecule has 1 aliphatic heterocycles. The highest BCUT2D eigenvalue weighted by atomic mass is 35.5. The summed E-state index contributed by atoms with van der Waals surface area (Å²) in [6.07, 6.45) is 3.75. The van der Waals surface area contributed by atoms with E-state index in [-0.39, 0.29) is 29.3 Å². The van der Waals surface area contributed by atoms with Crippen molar-refractivity contribution in [2.45, 2.75) is 82.6 Å². The number of esters is 1. The Balaban J connectivity index is 1.46. The largest absolute Gasteiger partial charge is 0.487 e. The molecule has 0 radical (unpaired) electrons. The Morgan fingerprint density at radius 1 is 1.12 bits per heavy atom. The molecule has 1 amide bonds. The van der Waals surface area contributed by atoms with Crippen LogP contribution in [0.25, 0.3) is 0 Å². The highest BCUT2D eigenvalue weighted by Gasteiger charge is 2.44. The van der Waals surface area contributed by atoms with Gasteiger partial charge in [-0.1, -0.05) is 41.9 Å². The molecule has 0 N–H and O–H groups in total. The Morgan fingerprint density at radius 2 is 1.78 bits per heavy atom. The standard InChI is InChI=1S/C32H42ClFN2O5/c1-31(2,3)41-30(38)36-20-24(19-26(36)29(37)39-6)40-27-18-22(17-25(34)28(27)33)16-21-12-14-32(15-13-21,35(4)5)23-10-8-7-9-11-23/h7-11,17-18,21,24,26H,12-16,19-20H2,1-6H3/t21-,24-,26-,32-/m0/s1. The van der Waals surface area contributed by atoms with Crippen molar-refractivity contribution >= 4 is 23.7 Å². The average Bonchev–Trinajstić information content (AvgIpc) is 3.35. The van der Waals surface area contributed by atoms with Crippen LogP contribution in [-0.4, -0.2) is 67.4 Å². The van der Waals surface area contributed by atoms with Crippen molar-refractivity contribution in [3.05, 3.63) is 64.4 Å². The number of carbonyl (C=O) groups is 2. The Kier molecular flexibility index (Phi) is 9.54. The van der Waals surface area contributed by atoms with Crippen molar-refractivity contribution in [1.29, 1.82) is 0 Å². The topological polar surface area (TPSA) is 68.3 Å². The van der Waals surface area contributed by atoms with E-state index in [4.69, 9.17) is 25.8 Å². The lowest BCUT2D eigenvalue weighted by molar-refractivity contribution is -0.145. The van der Waals surface area contributed by atoms with Gasteiger partial charge in [-0.25, -0.2) is 14.0 Å². The van der Waals surface area contributed by atoms with E-state index in [0.717, 1.165) is 31.2 Å². The van der Waals surface area contributed by atoms with Crippen LogP contribution in [0.1, 0.15) is 64.0 Å². The fraction of sp³-hybridized carbons (Fsp3) is 0.562. The molecular weight excluding hydrogens is 547 g/mol. The molecule has 9 heteroatoms. The van der Waals surface area contributed by atoms with Gasteiger partial charge in [0.2, 0.25) is 0 Å². The lowest BCUT2D eigenvalue weighted by Crippen LogP contribution is -2.44. The average molecular weight is 589 g/mol. The fourth-order valence-corrected chi connectivity index (χ4v) is 6.35. The lowest BCUT2D eigenvalue weighted by Gasteiger charge is -2.45. The summed E-state index contributed by atoms with van der Waals surface area (Å²) in [6.45, 7) is 5.35. The Bertz CT molecular complexity index is 1220. The Hall–Kier alpha value is -2.84. The van der Waals surface area contributed by atoms with Crippen LogP contribution in [-0.2, 0) is 26.2 Å². The minimum Gasteiger partial charge on any atom is -0.487 e. The van der Waals surface area contributed by atoms with Crippen molar-refractivity contribution in [1.82, 2.24) is 9.80 Å². The molecule has 2 aliphatic rings. The van der Waals surface area contributed by atoms with E-state index in [9.17, 15) is 14.0 Å². The number of amides is 1. The summed E-state index contributed by atoms with van der Waals surface area (Å²) >= 11 is 6.34. The molecule has 0 unspecified atom stereocenters. The molecule has 1 saturated carbocycles. The molecule has 0 aromatic heterocycles. The normalized spacial score (nSPS) is 24.8. The summed E-state index contributed by atoms with van der Waals surface area (Å²) in [5, 5.41) is -0.113. The first kappa shape index (κ1) is 31.1. The molecule has 1 aliphatic carbocycles. The first-order valence-electron chi connectivity index (χ1n) is 14.3. The van der Waals surface area contributed by atoms with Gasteiger partial charge >= 0.3 is 12.1 Å². The molecule has 7 nitrogen and oxygen atoms in total. The molecule has 0 bridgehead atoms. The van der Waals surface area contributed by atoms with E-state index in [1.165, 1.54) is 23.6 Å². The molecule has 224 valence electrons. The van der Waals surface area contributed by atoms with Crippen LogP contribution in [0.5, 0.6) is 5.75 Å². The molecule has 2 aromatic carbocycles. The molecule has 2 fully saturated rings. The van der Waals surface area contributed by atoms with Crippen molar-refractivity contribution < 1.29 is 28.2 Å². The molecule has 0 spiro atoms. The molecule has 4 rings (SSSR count). The number of hydrogen-bond donors (Lipinski definition) is 0. The van der Waals surface area contributed by atoms with Crippen LogP contribution in [0.4, 0.5) is 9.18 Å². The molecule has 41 heavy (non-hydrogen) atoms. The van der Waals surface area contributed by atoms with E-state index in [0.29, 0.717) is 12.3 Å². The summed E-state index contributed by atoms with van der Waals surface area (Å²) in [4.78, 5) is 28.9. The Labute approximate surface area is 247 Å². The monoisotopic (exact) mass is 588 g/mol. The third kappa shape index (κ3) is 7.15. The van der Waals surface area contributed by atoms with Crippen molar-refractivity contribution in [2.75, 3.05) is 27.7 Å².